The zero-order chi connectivity index (χ0) is 14.8. The lowest BCUT2D eigenvalue weighted by molar-refractivity contribution is -0.144. The molecule has 20 heavy (non-hydrogen) atoms. The molecule has 1 fully saturated rings. The van der Waals surface area contributed by atoms with Gasteiger partial charge in [-0.1, -0.05) is 32.0 Å². The van der Waals surface area contributed by atoms with Crippen LogP contribution >= 0.6 is 11.8 Å². The van der Waals surface area contributed by atoms with E-state index in [2.05, 4.69) is 13.8 Å². The quantitative estimate of drug-likeness (QED) is 0.647. The Bertz CT molecular complexity index is 458. The summed E-state index contributed by atoms with van der Waals surface area (Å²) in [6, 6.07) is 9.68. The first-order chi connectivity index (χ1) is 9.45. The summed E-state index contributed by atoms with van der Waals surface area (Å²) >= 11 is 1.39. The standard InChI is InChI=1S/C16H22O3S/c1-4-19-15(18)14(13(17)12-10-16(12,2)3)20-11-8-6-5-7-9-11/h5-9,12-14,17H,4,10H2,1-3H3. The van der Waals surface area contributed by atoms with Gasteiger partial charge < -0.3 is 9.84 Å². The number of rotatable bonds is 6. The van der Waals surface area contributed by atoms with Crippen molar-refractivity contribution in [2.75, 3.05) is 6.61 Å². The minimum absolute atomic E-state index is 0.126. The first kappa shape index (κ1) is 15.4. The molecular formula is C16H22O3S. The van der Waals surface area contributed by atoms with Crippen molar-refractivity contribution in [3.63, 3.8) is 0 Å². The molecule has 1 aromatic carbocycles. The lowest BCUT2D eigenvalue weighted by Gasteiger charge is -2.22. The normalized spacial score (nSPS) is 22.9. The maximum absolute atomic E-state index is 12.1. The molecule has 3 unspecified atom stereocenters. The molecule has 0 bridgehead atoms. The van der Waals surface area contributed by atoms with Gasteiger partial charge in [0.2, 0.25) is 0 Å². The van der Waals surface area contributed by atoms with Crippen LogP contribution in [0.3, 0.4) is 0 Å². The summed E-state index contributed by atoms with van der Waals surface area (Å²) in [5.74, 6) is -0.148. The van der Waals surface area contributed by atoms with Gasteiger partial charge in [-0.25, -0.2) is 0 Å². The van der Waals surface area contributed by atoms with Gasteiger partial charge >= 0.3 is 5.97 Å². The topological polar surface area (TPSA) is 46.5 Å². The van der Waals surface area contributed by atoms with E-state index in [1.165, 1.54) is 11.8 Å². The second kappa shape index (κ2) is 6.19. The van der Waals surface area contributed by atoms with Crippen LogP contribution in [0.4, 0.5) is 0 Å². The Balaban J connectivity index is 2.10. The van der Waals surface area contributed by atoms with Crippen LogP contribution in [0.15, 0.2) is 35.2 Å². The van der Waals surface area contributed by atoms with Crippen molar-refractivity contribution in [1.82, 2.24) is 0 Å². The van der Waals surface area contributed by atoms with Crippen LogP contribution in [0.25, 0.3) is 0 Å². The molecule has 1 aliphatic rings. The molecule has 3 atom stereocenters. The Morgan fingerprint density at radius 1 is 1.45 bits per heavy atom. The van der Waals surface area contributed by atoms with E-state index in [0.717, 1.165) is 11.3 Å². The number of benzene rings is 1. The molecule has 1 saturated carbocycles. The van der Waals surface area contributed by atoms with Crippen LogP contribution in [0, 0.1) is 11.3 Å². The number of carbonyl (C=O) groups is 1. The molecule has 0 amide bonds. The summed E-state index contributed by atoms with van der Waals surface area (Å²) in [5.41, 5.74) is 0.126. The summed E-state index contributed by atoms with van der Waals surface area (Å²) in [6.07, 6.45) is 0.300. The maximum Gasteiger partial charge on any atom is 0.322 e. The molecule has 0 aliphatic heterocycles. The molecule has 1 N–H and O–H groups in total. The smallest absolute Gasteiger partial charge is 0.322 e. The molecular weight excluding hydrogens is 272 g/mol. The number of thioether (sulfide) groups is 1. The van der Waals surface area contributed by atoms with Gasteiger partial charge in [-0.2, -0.15) is 0 Å². The SMILES string of the molecule is CCOC(=O)C(Sc1ccccc1)C(O)C1CC1(C)C. The zero-order valence-electron chi connectivity index (χ0n) is 12.2. The Labute approximate surface area is 124 Å². The van der Waals surface area contributed by atoms with Crippen molar-refractivity contribution in [3.05, 3.63) is 30.3 Å². The third-order valence-corrected chi connectivity index (χ3v) is 5.11. The van der Waals surface area contributed by atoms with Gasteiger partial charge in [-0.15, -0.1) is 11.8 Å². The summed E-state index contributed by atoms with van der Waals surface area (Å²) in [6.45, 7) is 6.37. The molecule has 2 rings (SSSR count). The lowest BCUT2D eigenvalue weighted by atomic mass is 10.0. The van der Waals surface area contributed by atoms with Crippen molar-refractivity contribution in [3.8, 4) is 0 Å². The van der Waals surface area contributed by atoms with Gasteiger partial charge in [0.05, 0.1) is 12.7 Å². The van der Waals surface area contributed by atoms with E-state index in [0.29, 0.717) is 6.61 Å². The Morgan fingerprint density at radius 3 is 2.55 bits per heavy atom. The van der Waals surface area contributed by atoms with E-state index < -0.39 is 11.4 Å². The largest absolute Gasteiger partial charge is 0.465 e. The Kier molecular flexibility index (Phi) is 4.76. The number of aliphatic hydroxyl groups excluding tert-OH is 1. The number of esters is 1. The first-order valence-corrected chi connectivity index (χ1v) is 7.90. The summed E-state index contributed by atoms with van der Waals surface area (Å²) in [7, 11) is 0. The fraction of sp³-hybridized carbons (Fsp3) is 0.562. The van der Waals surface area contributed by atoms with Gasteiger partial charge in [0.1, 0.15) is 5.25 Å². The molecule has 0 heterocycles. The predicted molar refractivity (Wildman–Crippen MR) is 80.6 cm³/mol. The van der Waals surface area contributed by atoms with Crippen LogP contribution in [0.2, 0.25) is 0 Å². The van der Waals surface area contributed by atoms with E-state index in [1.807, 2.05) is 30.3 Å². The van der Waals surface area contributed by atoms with Gasteiger partial charge in [0, 0.05) is 4.90 Å². The van der Waals surface area contributed by atoms with Crippen LogP contribution in [0.1, 0.15) is 27.2 Å². The highest BCUT2D eigenvalue weighted by Crippen LogP contribution is 2.55. The number of hydrogen-bond acceptors (Lipinski definition) is 4. The molecule has 1 aromatic rings. The van der Waals surface area contributed by atoms with Crippen molar-refractivity contribution in [1.29, 1.82) is 0 Å². The highest BCUT2D eigenvalue weighted by atomic mass is 32.2. The molecule has 0 aromatic heterocycles. The van der Waals surface area contributed by atoms with Crippen molar-refractivity contribution < 1.29 is 14.6 Å². The molecule has 4 heteroatoms. The van der Waals surface area contributed by atoms with Crippen LogP contribution in [-0.4, -0.2) is 29.0 Å². The fourth-order valence-corrected chi connectivity index (χ4v) is 3.53. The van der Waals surface area contributed by atoms with Crippen LogP contribution in [0.5, 0.6) is 0 Å². The number of carbonyl (C=O) groups excluding carboxylic acids is 1. The first-order valence-electron chi connectivity index (χ1n) is 7.02. The van der Waals surface area contributed by atoms with Gasteiger partial charge in [-0.3, -0.25) is 4.79 Å². The van der Waals surface area contributed by atoms with Crippen molar-refractivity contribution in [2.24, 2.45) is 11.3 Å². The van der Waals surface area contributed by atoms with Crippen molar-refractivity contribution in [2.45, 2.75) is 43.4 Å². The summed E-state index contributed by atoms with van der Waals surface area (Å²) < 4.78 is 5.12. The molecule has 3 nitrogen and oxygen atoms in total. The monoisotopic (exact) mass is 294 g/mol. The Hall–Kier alpha value is -1.00. The van der Waals surface area contributed by atoms with Gasteiger partial charge in [0.25, 0.3) is 0 Å². The Morgan fingerprint density at radius 2 is 2.05 bits per heavy atom. The molecule has 0 radical (unpaired) electrons. The highest BCUT2D eigenvalue weighted by Gasteiger charge is 2.53. The second-order valence-electron chi connectivity index (χ2n) is 5.89. The van der Waals surface area contributed by atoms with E-state index in [9.17, 15) is 9.90 Å². The molecule has 110 valence electrons. The van der Waals surface area contributed by atoms with E-state index in [1.54, 1.807) is 6.92 Å². The van der Waals surface area contributed by atoms with Crippen molar-refractivity contribution >= 4 is 17.7 Å². The van der Waals surface area contributed by atoms with Crippen LogP contribution in [-0.2, 0) is 9.53 Å². The molecule has 0 saturated heterocycles. The third kappa shape index (κ3) is 3.55. The van der Waals surface area contributed by atoms with E-state index in [4.69, 9.17) is 4.74 Å². The summed E-state index contributed by atoms with van der Waals surface area (Å²) in [4.78, 5) is 13.1. The third-order valence-electron chi connectivity index (χ3n) is 3.84. The van der Waals surface area contributed by atoms with E-state index in [-0.39, 0.29) is 17.3 Å². The lowest BCUT2D eigenvalue weighted by Crippen LogP contribution is -2.35. The number of hydrogen-bond donors (Lipinski definition) is 1. The maximum atomic E-state index is 12.1. The molecule has 0 spiro atoms. The van der Waals surface area contributed by atoms with Gasteiger partial charge in [-0.05, 0) is 36.8 Å². The minimum atomic E-state index is -0.658. The van der Waals surface area contributed by atoms with Gasteiger partial charge in [0.15, 0.2) is 0 Å². The predicted octanol–water partition coefficient (Wildman–Crippen LogP) is 3.12. The summed E-state index contributed by atoms with van der Waals surface area (Å²) in [5, 5.41) is 9.97. The molecule has 1 aliphatic carbocycles. The second-order valence-corrected chi connectivity index (χ2v) is 7.11. The highest BCUT2D eigenvalue weighted by molar-refractivity contribution is 8.00. The number of ether oxygens (including phenoxy) is 1. The van der Waals surface area contributed by atoms with E-state index >= 15 is 0 Å². The average molecular weight is 294 g/mol. The van der Waals surface area contributed by atoms with Crippen LogP contribution < -0.4 is 0 Å². The minimum Gasteiger partial charge on any atom is -0.465 e. The fourth-order valence-electron chi connectivity index (χ4n) is 2.43. The number of aliphatic hydroxyl groups is 1. The zero-order valence-corrected chi connectivity index (χ0v) is 13.0. The average Bonchev–Trinajstić information content (AvgIpc) is 3.06.